The summed E-state index contributed by atoms with van der Waals surface area (Å²) in [5, 5.41) is 10.7. The number of hydrogen-bond donors (Lipinski definition) is 2. The monoisotopic (exact) mass is 354 g/mol. The van der Waals surface area contributed by atoms with Crippen molar-refractivity contribution in [3.8, 4) is 0 Å². The van der Waals surface area contributed by atoms with Gasteiger partial charge in [0.05, 0.1) is 13.2 Å². The molecular weight excluding hydrogens is 328 g/mol. The van der Waals surface area contributed by atoms with Crippen molar-refractivity contribution in [3.05, 3.63) is 17.0 Å². The summed E-state index contributed by atoms with van der Waals surface area (Å²) in [6.45, 7) is 5.28. The van der Waals surface area contributed by atoms with Crippen LogP contribution in [0.25, 0.3) is 0 Å². The van der Waals surface area contributed by atoms with Crippen LogP contribution in [0.15, 0.2) is 0 Å². The SMILES string of the molecule is Cl.O=C(c1n[nH]c2c1COCC2)N1CCC(C2CCNCC2)CC1. The molecule has 2 N–H and O–H groups in total. The standard InChI is InChI=1S/C17H26N4O2.ClH/c22-17(16-14-11-23-10-5-15(14)19-20-16)21-8-3-13(4-9-21)12-1-6-18-7-2-12;/h12-13,18H,1-11H2,(H,19,20);1H. The molecule has 2 fully saturated rings. The zero-order valence-corrected chi connectivity index (χ0v) is 14.9. The molecular formula is C17H27ClN4O2. The van der Waals surface area contributed by atoms with Gasteiger partial charge in [-0.1, -0.05) is 0 Å². The molecule has 0 aromatic carbocycles. The van der Waals surface area contributed by atoms with Crippen LogP contribution in [0.3, 0.4) is 0 Å². The number of aromatic amines is 1. The van der Waals surface area contributed by atoms with Gasteiger partial charge in [-0.3, -0.25) is 9.89 Å². The first-order valence-electron chi connectivity index (χ1n) is 8.97. The second kappa shape index (κ2) is 7.85. The number of amides is 1. The van der Waals surface area contributed by atoms with Crippen LogP contribution in [-0.4, -0.2) is 53.8 Å². The third-order valence-corrected chi connectivity index (χ3v) is 5.78. The average molecular weight is 355 g/mol. The van der Waals surface area contributed by atoms with E-state index >= 15 is 0 Å². The van der Waals surface area contributed by atoms with Crippen LogP contribution < -0.4 is 5.32 Å². The summed E-state index contributed by atoms with van der Waals surface area (Å²) in [6, 6.07) is 0. The minimum absolute atomic E-state index is 0. The largest absolute Gasteiger partial charge is 0.376 e. The molecule has 1 aromatic rings. The average Bonchev–Trinajstić information content (AvgIpc) is 3.06. The maximum atomic E-state index is 12.8. The van der Waals surface area contributed by atoms with E-state index in [4.69, 9.17) is 4.74 Å². The molecule has 0 unspecified atom stereocenters. The summed E-state index contributed by atoms with van der Waals surface area (Å²) in [6.07, 6.45) is 5.69. The minimum Gasteiger partial charge on any atom is -0.376 e. The van der Waals surface area contributed by atoms with Crippen molar-refractivity contribution in [1.29, 1.82) is 0 Å². The molecule has 3 aliphatic heterocycles. The number of fused-ring (bicyclic) bond motifs is 1. The third kappa shape index (κ3) is 3.46. The molecule has 3 aliphatic rings. The van der Waals surface area contributed by atoms with E-state index in [0.29, 0.717) is 18.9 Å². The topological polar surface area (TPSA) is 70.2 Å². The highest BCUT2D eigenvalue weighted by Crippen LogP contribution is 2.31. The highest BCUT2D eigenvalue weighted by Gasteiger charge is 2.32. The maximum Gasteiger partial charge on any atom is 0.274 e. The van der Waals surface area contributed by atoms with Gasteiger partial charge in [-0.05, 0) is 50.6 Å². The van der Waals surface area contributed by atoms with E-state index < -0.39 is 0 Å². The third-order valence-electron chi connectivity index (χ3n) is 5.78. The number of H-pyrrole nitrogens is 1. The highest BCUT2D eigenvalue weighted by molar-refractivity contribution is 5.94. The van der Waals surface area contributed by atoms with E-state index in [1.807, 2.05) is 4.90 Å². The number of aromatic nitrogens is 2. The Morgan fingerprint density at radius 2 is 1.83 bits per heavy atom. The number of ether oxygens (including phenoxy) is 1. The smallest absolute Gasteiger partial charge is 0.274 e. The number of piperidine rings is 2. The number of nitrogens with one attached hydrogen (secondary N) is 2. The van der Waals surface area contributed by atoms with E-state index in [-0.39, 0.29) is 18.3 Å². The number of hydrogen-bond acceptors (Lipinski definition) is 4. The molecule has 6 nitrogen and oxygen atoms in total. The molecule has 134 valence electrons. The normalized spacial score (nSPS) is 22.8. The van der Waals surface area contributed by atoms with Crippen molar-refractivity contribution in [2.45, 2.75) is 38.7 Å². The van der Waals surface area contributed by atoms with Crippen molar-refractivity contribution in [3.63, 3.8) is 0 Å². The second-order valence-electron chi connectivity index (χ2n) is 7.05. The maximum absolute atomic E-state index is 12.8. The van der Waals surface area contributed by atoms with E-state index in [2.05, 4.69) is 15.5 Å². The van der Waals surface area contributed by atoms with Gasteiger partial charge in [-0.15, -0.1) is 12.4 Å². The zero-order valence-electron chi connectivity index (χ0n) is 14.1. The lowest BCUT2D eigenvalue weighted by Gasteiger charge is -2.37. The fourth-order valence-electron chi connectivity index (χ4n) is 4.33. The summed E-state index contributed by atoms with van der Waals surface area (Å²) in [7, 11) is 0. The highest BCUT2D eigenvalue weighted by atomic mass is 35.5. The van der Waals surface area contributed by atoms with Gasteiger partial charge in [0.25, 0.3) is 5.91 Å². The van der Waals surface area contributed by atoms with Crippen LogP contribution in [0.5, 0.6) is 0 Å². The number of carbonyl (C=O) groups is 1. The van der Waals surface area contributed by atoms with Crippen molar-refractivity contribution in [2.75, 3.05) is 32.8 Å². The fourth-order valence-corrected chi connectivity index (χ4v) is 4.33. The van der Waals surface area contributed by atoms with Gasteiger partial charge in [0.2, 0.25) is 0 Å². The van der Waals surface area contributed by atoms with Crippen molar-refractivity contribution < 1.29 is 9.53 Å². The Bertz CT molecular complexity index is 563. The first kappa shape index (κ1) is 17.7. The predicted octanol–water partition coefficient (Wildman–Crippen LogP) is 1.76. The van der Waals surface area contributed by atoms with Crippen molar-refractivity contribution in [1.82, 2.24) is 20.4 Å². The van der Waals surface area contributed by atoms with Gasteiger partial charge < -0.3 is 15.0 Å². The van der Waals surface area contributed by atoms with E-state index in [9.17, 15) is 4.79 Å². The number of nitrogens with zero attached hydrogens (tertiary/aromatic N) is 2. The van der Waals surface area contributed by atoms with Gasteiger partial charge in [0.15, 0.2) is 5.69 Å². The van der Waals surface area contributed by atoms with Gasteiger partial charge in [-0.2, -0.15) is 5.10 Å². The molecule has 24 heavy (non-hydrogen) atoms. The van der Waals surface area contributed by atoms with Crippen molar-refractivity contribution >= 4 is 18.3 Å². The van der Waals surface area contributed by atoms with Gasteiger partial charge >= 0.3 is 0 Å². The minimum atomic E-state index is 0. The molecule has 0 aliphatic carbocycles. The summed E-state index contributed by atoms with van der Waals surface area (Å²) in [5.41, 5.74) is 2.63. The second-order valence-corrected chi connectivity index (χ2v) is 7.05. The van der Waals surface area contributed by atoms with Crippen LogP contribution in [-0.2, 0) is 17.8 Å². The summed E-state index contributed by atoms with van der Waals surface area (Å²) in [5.74, 6) is 1.72. The summed E-state index contributed by atoms with van der Waals surface area (Å²) in [4.78, 5) is 14.8. The quantitative estimate of drug-likeness (QED) is 0.849. The number of rotatable bonds is 2. The first-order valence-corrected chi connectivity index (χ1v) is 8.97. The molecule has 0 spiro atoms. The molecule has 4 heterocycles. The number of likely N-dealkylation sites (tertiary alicyclic amines) is 1. The Morgan fingerprint density at radius 1 is 1.12 bits per heavy atom. The Kier molecular flexibility index (Phi) is 5.79. The lowest BCUT2D eigenvalue weighted by atomic mass is 9.79. The van der Waals surface area contributed by atoms with Crippen molar-refractivity contribution in [2.24, 2.45) is 11.8 Å². The first-order chi connectivity index (χ1) is 11.3. The van der Waals surface area contributed by atoms with Gasteiger partial charge in [0.1, 0.15) is 0 Å². The Morgan fingerprint density at radius 3 is 2.58 bits per heavy atom. The van der Waals surface area contributed by atoms with Gasteiger partial charge in [0, 0.05) is 30.8 Å². The molecule has 7 heteroatoms. The van der Waals surface area contributed by atoms with Crippen LogP contribution in [0.2, 0.25) is 0 Å². The predicted molar refractivity (Wildman–Crippen MR) is 93.4 cm³/mol. The Balaban J connectivity index is 0.00000169. The van der Waals surface area contributed by atoms with Gasteiger partial charge in [-0.25, -0.2) is 0 Å². The zero-order chi connectivity index (χ0) is 15.6. The number of carbonyl (C=O) groups excluding carboxylic acids is 1. The Hall–Kier alpha value is -1.11. The molecule has 1 aromatic heterocycles. The summed E-state index contributed by atoms with van der Waals surface area (Å²) >= 11 is 0. The van der Waals surface area contributed by atoms with E-state index in [1.54, 1.807) is 0 Å². The van der Waals surface area contributed by atoms with Crippen LogP contribution in [0, 0.1) is 11.8 Å². The Labute approximate surface area is 149 Å². The molecule has 2 saturated heterocycles. The lowest BCUT2D eigenvalue weighted by molar-refractivity contribution is 0.0626. The molecule has 0 radical (unpaired) electrons. The molecule has 0 bridgehead atoms. The van der Waals surface area contributed by atoms with Crippen LogP contribution >= 0.6 is 12.4 Å². The summed E-state index contributed by atoms with van der Waals surface area (Å²) < 4.78 is 5.49. The number of halogens is 1. The molecule has 4 rings (SSSR count). The van der Waals surface area contributed by atoms with E-state index in [0.717, 1.165) is 68.5 Å². The molecule has 0 atom stereocenters. The molecule has 1 amide bonds. The van der Waals surface area contributed by atoms with Crippen LogP contribution in [0.4, 0.5) is 0 Å². The van der Waals surface area contributed by atoms with Crippen LogP contribution in [0.1, 0.15) is 47.4 Å². The van der Waals surface area contributed by atoms with E-state index in [1.165, 1.54) is 12.8 Å². The fraction of sp³-hybridized carbons (Fsp3) is 0.765. The molecule has 0 saturated carbocycles. The lowest BCUT2D eigenvalue weighted by Crippen LogP contribution is -2.42.